The van der Waals surface area contributed by atoms with Gasteiger partial charge in [-0.2, -0.15) is 0 Å². The number of likely N-dealkylation sites (tertiary alicyclic amines) is 1. The molecule has 2 aliphatic heterocycles. The zero-order valence-corrected chi connectivity index (χ0v) is 9.94. The van der Waals surface area contributed by atoms with Gasteiger partial charge in [-0.3, -0.25) is 14.8 Å². The highest BCUT2D eigenvalue weighted by Gasteiger charge is 2.27. The zero-order valence-electron chi connectivity index (χ0n) is 9.94. The van der Waals surface area contributed by atoms with Crippen LogP contribution in [0.25, 0.3) is 0 Å². The second-order valence-corrected chi connectivity index (χ2v) is 4.55. The number of aliphatic imine (C=N–C) groups is 1. The molecule has 16 heavy (non-hydrogen) atoms. The summed E-state index contributed by atoms with van der Waals surface area (Å²) in [5.41, 5.74) is 1.22. The number of nitrogens with zero attached hydrogens (tertiary/aromatic N) is 3. The van der Waals surface area contributed by atoms with Crippen molar-refractivity contribution < 1.29 is 0 Å². The van der Waals surface area contributed by atoms with Crippen molar-refractivity contribution in [1.29, 1.82) is 0 Å². The maximum Gasteiger partial charge on any atom is 0.0364 e. The Balaban J connectivity index is 1.92. The van der Waals surface area contributed by atoms with Crippen molar-refractivity contribution >= 4 is 6.72 Å². The molecule has 2 aliphatic rings. The average Bonchev–Trinajstić information content (AvgIpc) is 3.02. The molecular formula is C13H21N3. The lowest BCUT2D eigenvalue weighted by Gasteiger charge is -2.25. The molecule has 1 atom stereocenters. The predicted molar refractivity (Wildman–Crippen MR) is 68.9 cm³/mol. The molecule has 0 amide bonds. The first-order valence-corrected chi connectivity index (χ1v) is 6.10. The Morgan fingerprint density at radius 3 is 2.75 bits per heavy atom. The Bertz CT molecular complexity index is 292. The van der Waals surface area contributed by atoms with Gasteiger partial charge in [0.25, 0.3) is 0 Å². The molecule has 2 saturated heterocycles. The average molecular weight is 219 g/mol. The minimum atomic E-state index is 0.517. The van der Waals surface area contributed by atoms with Crippen molar-refractivity contribution in [3.63, 3.8) is 0 Å². The molecule has 0 bridgehead atoms. The Hall–Kier alpha value is -0.930. The van der Waals surface area contributed by atoms with E-state index in [2.05, 4.69) is 28.1 Å². The van der Waals surface area contributed by atoms with Gasteiger partial charge >= 0.3 is 0 Å². The van der Waals surface area contributed by atoms with E-state index in [9.17, 15) is 0 Å². The van der Waals surface area contributed by atoms with Crippen LogP contribution in [0.2, 0.25) is 0 Å². The highest BCUT2D eigenvalue weighted by Crippen LogP contribution is 2.24. The molecule has 0 N–H and O–H groups in total. The maximum absolute atomic E-state index is 3.87. The molecule has 2 rings (SSSR count). The topological polar surface area (TPSA) is 18.6 Å². The molecule has 0 saturated carbocycles. The Kier molecular flexibility index (Phi) is 3.91. The fourth-order valence-electron chi connectivity index (χ4n) is 2.42. The minimum Gasteiger partial charge on any atom is -0.300 e. The molecule has 3 nitrogen and oxygen atoms in total. The first kappa shape index (κ1) is 11.6. The summed E-state index contributed by atoms with van der Waals surface area (Å²) in [6.45, 7) is 13.6. The van der Waals surface area contributed by atoms with Crippen molar-refractivity contribution in [2.24, 2.45) is 4.99 Å². The molecule has 1 unspecified atom stereocenters. The molecule has 0 aromatic heterocycles. The van der Waals surface area contributed by atoms with Crippen molar-refractivity contribution in [3.05, 3.63) is 24.4 Å². The predicted octanol–water partition coefficient (Wildman–Crippen LogP) is 1.54. The first-order valence-electron chi connectivity index (χ1n) is 6.10. The summed E-state index contributed by atoms with van der Waals surface area (Å²) in [5.74, 6) is 0. The Labute approximate surface area is 98.1 Å². The van der Waals surface area contributed by atoms with E-state index in [4.69, 9.17) is 0 Å². The smallest absolute Gasteiger partial charge is 0.0364 e. The van der Waals surface area contributed by atoms with Crippen LogP contribution in [-0.4, -0.2) is 55.3 Å². The summed E-state index contributed by atoms with van der Waals surface area (Å²) in [6.07, 6.45) is 6.29. The molecule has 0 aromatic rings. The van der Waals surface area contributed by atoms with Gasteiger partial charge in [-0.1, -0.05) is 12.7 Å². The van der Waals surface area contributed by atoms with Crippen molar-refractivity contribution in [3.8, 4) is 0 Å². The molecule has 88 valence electrons. The highest BCUT2D eigenvalue weighted by atomic mass is 15.3. The third kappa shape index (κ3) is 2.80. The summed E-state index contributed by atoms with van der Waals surface area (Å²) < 4.78 is 0. The second kappa shape index (κ2) is 5.41. The van der Waals surface area contributed by atoms with E-state index in [-0.39, 0.29) is 0 Å². The third-order valence-corrected chi connectivity index (χ3v) is 3.47. The summed E-state index contributed by atoms with van der Waals surface area (Å²) >= 11 is 0. The fraction of sp³-hybridized carbons (Fsp3) is 0.615. The van der Waals surface area contributed by atoms with Gasteiger partial charge in [0, 0.05) is 38.4 Å². The summed E-state index contributed by atoms with van der Waals surface area (Å²) in [6, 6.07) is 0.517. The lowest BCUT2D eigenvalue weighted by Crippen LogP contribution is -2.34. The van der Waals surface area contributed by atoms with Gasteiger partial charge in [0.05, 0.1) is 0 Å². The van der Waals surface area contributed by atoms with Gasteiger partial charge in [0.1, 0.15) is 0 Å². The molecule has 2 heterocycles. The van der Waals surface area contributed by atoms with Gasteiger partial charge in [-0.25, -0.2) is 0 Å². The third-order valence-electron chi connectivity index (χ3n) is 3.47. The largest absolute Gasteiger partial charge is 0.300 e. The summed E-state index contributed by atoms with van der Waals surface area (Å²) in [7, 11) is 0. The number of rotatable bonds is 6. The Morgan fingerprint density at radius 1 is 1.31 bits per heavy atom. The van der Waals surface area contributed by atoms with Crippen LogP contribution in [0.1, 0.15) is 12.8 Å². The number of hydrogen-bond acceptors (Lipinski definition) is 3. The molecule has 0 aromatic carbocycles. The normalized spacial score (nSPS) is 27.0. The Morgan fingerprint density at radius 2 is 2.12 bits per heavy atom. The number of hydrogen-bond donors (Lipinski definition) is 0. The van der Waals surface area contributed by atoms with Crippen molar-refractivity contribution in [2.45, 2.75) is 18.9 Å². The van der Waals surface area contributed by atoms with E-state index in [1.165, 1.54) is 51.1 Å². The van der Waals surface area contributed by atoms with Gasteiger partial charge in [0.15, 0.2) is 0 Å². The molecule has 3 heteroatoms. The molecule has 0 radical (unpaired) electrons. The van der Waals surface area contributed by atoms with E-state index in [0.29, 0.717) is 6.04 Å². The summed E-state index contributed by atoms with van der Waals surface area (Å²) in [5, 5.41) is 0. The fourth-order valence-corrected chi connectivity index (χ4v) is 2.42. The van der Waals surface area contributed by atoms with Gasteiger partial charge in [-0.05, 0) is 31.7 Å². The molecule has 0 spiro atoms. The van der Waals surface area contributed by atoms with Crippen LogP contribution < -0.4 is 0 Å². The minimum absolute atomic E-state index is 0.517. The van der Waals surface area contributed by atoms with E-state index in [0.717, 1.165) is 0 Å². The van der Waals surface area contributed by atoms with Crippen molar-refractivity contribution in [1.82, 2.24) is 9.80 Å². The van der Waals surface area contributed by atoms with E-state index < -0.39 is 0 Å². The van der Waals surface area contributed by atoms with Crippen LogP contribution in [0.15, 0.2) is 29.4 Å². The quantitative estimate of drug-likeness (QED) is 0.383. The lowest BCUT2D eigenvalue weighted by atomic mass is 10.1. The van der Waals surface area contributed by atoms with Crippen LogP contribution in [0.4, 0.5) is 0 Å². The van der Waals surface area contributed by atoms with Crippen LogP contribution in [0, 0.1) is 0 Å². The van der Waals surface area contributed by atoms with E-state index in [1.807, 2.05) is 12.3 Å². The van der Waals surface area contributed by atoms with Gasteiger partial charge < -0.3 is 0 Å². The van der Waals surface area contributed by atoms with Crippen LogP contribution in [-0.2, 0) is 0 Å². The molecule has 2 fully saturated rings. The zero-order chi connectivity index (χ0) is 11.4. The molecular weight excluding hydrogens is 198 g/mol. The van der Waals surface area contributed by atoms with Crippen LogP contribution >= 0.6 is 0 Å². The van der Waals surface area contributed by atoms with Crippen LogP contribution in [0.3, 0.4) is 0 Å². The standard InChI is InChI=1S/C13H21N3/c1-3-12(11-14-2)13-5-4-6-16(13)10-9-15-7-8-15/h3,11,13H,1-2,4-10H2/b12-11+. The maximum atomic E-state index is 3.87. The van der Waals surface area contributed by atoms with E-state index in [1.54, 1.807) is 0 Å². The lowest BCUT2D eigenvalue weighted by molar-refractivity contribution is 0.268. The molecule has 0 aliphatic carbocycles. The van der Waals surface area contributed by atoms with E-state index >= 15 is 0 Å². The monoisotopic (exact) mass is 219 g/mol. The summed E-state index contributed by atoms with van der Waals surface area (Å²) in [4.78, 5) is 8.90. The first-order chi connectivity index (χ1) is 7.85. The van der Waals surface area contributed by atoms with Gasteiger partial charge in [0.2, 0.25) is 0 Å². The van der Waals surface area contributed by atoms with Crippen molar-refractivity contribution in [2.75, 3.05) is 32.7 Å². The van der Waals surface area contributed by atoms with Crippen LogP contribution in [0.5, 0.6) is 0 Å². The van der Waals surface area contributed by atoms with Gasteiger partial charge in [-0.15, -0.1) is 0 Å². The second-order valence-electron chi connectivity index (χ2n) is 4.55. The SMILES string of the molecule is C=C/C(=C\N=C)C1CCCN1CCN1CC1. The highest BCUT2D eigenvalue weighted by molar-refractivity contribution is 5.31.